The van der Waals surface area contributed by atoms with E-state index in [-0.39, 0.29) is 11.5 Å². The molecule has 22 heavy (non-hydrogen) atoms. The van der Waals surface area contributed by atoms with Crippen molar-refractivity contribution < 1.29 is 0 Å². The molecule has 6 heteroatoms. The molecule has 0 aromatic carbocycles. The second kappa shape index (κ2) is 8.29. The predicted molar refractivity (Wildman–Crippen MR) is 90.4 cm³/mol. The lowest BCUT2D eigenvalue weighted by molar-refractivity contribution is 0.382. The van der Waals surface area contributed by atoms with Crippen LogP contribution in [0.4, 0.5) is 5.69 Å². The van der Waals surface area contributed by atoms with E-state index in [1.54, 1.807) is 0 Å². The fourth-order valence-corrected chi connectivity index (χ4v) is 2.84. The summed E-state index contributed by atoms with van der Waals surface area (Å²) in [6, 6.07) is 0. The smallest absolute Gasteiger partial charge is 0.296 e. The van der Waals surface area contributed by atoms with Gasteiger partial charge in [0.15, 0.2) is 0 Å². The zero-order valence-electron chi connectivity index (χ0n) is 13.8. The molecule has 1 fully saturated rings. The molecule has 0 radical (unpaired) electrons. The van der Waals surface area contributed by atoms with E-state index in [1.165, 1.54) is 0 Å². The third kappa shape index (κ3) is 4.55. The average Bonchev–Trinajstić information content (AvgIpc) is 2.52. The van der Waals surface area contributed by atoms with Crippen molar-refractivity contribution in [3.8, 4) is 0 Å². The van der Waals surface area contributed by atoms with E-state index in [1.807, 2.05) is 20.0 Å². The van der Waals surface area contributed by atoms with Gasteiger partial charge in [-0.25, -0.2) is 0 Å². The molecule has 0 amide bonds. The standard InChI is InChI=1S/C16H29N5O/c1-12(2)15-19-11-14(16(22)20-15)21-8-4-13(5-9-21)10-18-7-3-6-17/h11-13,18H,3-10,17H2,1-2H3,(H,19,20,22). The van der Waals surface area contributed by atoms with Crippen LogP contribution < -0.4 is 21.5 Å². The van der Waals surface area contributed by atoms with E-state index in [0.29, 0.717) is 11.6 Å². The van der Waals surface area contributed by atoms with E-state index >= 15 is 0 Å². The number of hydrogen-bond donors (Lipinski definition) is 3. The number of hydrogen-bond acceptors (Lipinski definition) is 5. The second-order valence-electron chi connectivity index (χ2n) is 6.41. The number of nitrogens with zero attached hydrogens (tertiary/aromatic N) is 2. The highest BCUT2D eigenvalue weighted by atomic mass is 16.1. The monoisotopic (exact) mass is 307 g/mol. The number of piperidine rings is 1. The Morgan fingerprint density at radius 1 is 1.45 bits per heavy atom. The lowest BCUT2D eigenvalue weighted by Crippen LogP contribution is -2.40. The highest BCUT2D eigenvalue weighted by molar-refractivity contribution is 5.42. The van der Waals surface area contributed by atoms with Gasteiger partial charge in [-0.2, -0.15) is 4.98 Å². The molecule has 2 rings (SSSR count). The van der Waals surface area contributed by atoms with Gasteiger partial charge in [0, 0.05) is 25.2 Å². The SMILES string of the molecule is CC(C)c1nc(=O)c(N2CCC(CNCCCN)CC2)c[nH]1. The lowest BCUT2D eigenvalue weighted by atomic mass is 9.96. The summed E-state index contributed by atoms with van der Waals surface area (Å²) in [7, 11) is 0. The zero-order valence-corrected chi connectivity index (χ0v) is 13.8. The number of nitrogens with one attached hydrogen (secondary N) is 2. The number of rotatable bonds is 7. The van der Waals surface area contributed by atoms with Gasteiger partial charge < -0.3 is 20.9 Å². The minimum Gasteiger partial charge on any atom is -0.366 e. The van der Waals surface area contributed by atoms with Crippen LogP contribution in [0.25, 0.3) is 0 Å². The van der Waals surface area contributed by atoms with Gasteiger partial charge in [0.25, 0.3) is 5.56 Å². The van der Waals surface area contributed by atoms with Gasteiger partial charge >= 0.3 is 0 Å². The topological polar surface area (TPSA) is 87.0 Å². The summed E-state index contributed by atoms with van der Waals surface area (Å²) < 4.78 is 0. The van der Waals surface area contributed by atoms with Crippen LogP contribution in [-0.2, 0) is 0 Å². The maximum Gasteiger partial charge on any atom is 0.296 e. The van der Waals surface area contributed by atoms with Crippen molar-refractivity contribution >= 4 is 5.69 Å². The maximum absolute atomic E-state index is 12.2. The van der Waals surface area contributed by atoms with Crippen LogP contribution in [0.3, 0.4) is 0 Å². The zero-order chi connectivity index (χ0) is 15.9. The highest BCUT2D eigenvalue weighted by Crippen LogP contribution is 2.20. The highest BCUT2D eigenvalue weighted by Gasteiger charge is 2.21. The molecular formula is C16H29N5O. The summed E-state index contributed by atoms with van der Waals surface area (Å²) in [5.74, 6) is 1.69. The van der Waals surface area contributed by atoms with Gasteiger partial charge in [-0.1, -0.05) is 13.8 Å². The molecule has 1 aromatic rings. The van der Waals surface area contributed by atoms with Crippen molar-refractivity contribution in [1.29, 1.82) is 0 Å². The van der Waals surface area contributed by atoms with Gasteiger partial charge in [0.05, 0.1) is 0 Å². The summed E-state index contributed by atoms with van der Waals surface area (Å²) in [5.41, 5.74) is 6.09. The molecule has 0 aliphatic carbocycles. The first-order valence-electron chi connectivity index (χ1n) is 8.37. The van der Waals surface area contributed by atoms with Crippen molar-refractivity contribution in [2.24, 2.45) is 11.7 Å². The Hall–Kier alpha value is -1.40. The molecule has 4 N–H and O–H groups in total. The first-order valence-corrected chi connectivity index (χ1v) is 8.37. The lowest BCUT2D eigenvalue weighted by Gasteiger charge is -2.33. The number of aromatic amines is 1. The number of aromatic nitrogens is 2. The van der Waals surface area contributed by atoms with Gasteiger partial charge in [0.1, 0.15) is 11.5 Å². The number of anilines is 1. The van der Waals surface area contributed by atoms with Crippen LogP contribution in [0, 0.1) is 5.92 Å². The Morgan fingerprint density at radius 3 is 2.77 bits per heavy atom. The van der Waals surface area contributed by atoms with Crippen LogP contribution in [-0.4, -0.2) is 42.7 Å². The Balaban J connectivity index is 1.85. The second-order valence-corrected chi connectivity index (χ2v) is 6.41. The summed E-state index contributed by atoms with van der Waals surface area (Å²) in [6.45, 7) is 8.70. The molecule has 0 unspecified atom stereocenters. The van der Waals surface area contributed by atoms with E-state index in [4.69, 9.17) is 5.73 Å². The molecule has 0 spiro atoms. The quantitative estimate of drug-likeness (QED) is 0.655. The molecule has 0 atom stereocenters. The first kappa shape index (κ1) is 17.0. The minimum absolute atomic E-state index is 0.109. The van der Waals surface area contributed by atoms with Crippen molar-refractivity contribution in [3.05, 3.63) is 22.4 Å². The maximum atomic E-state index is 12.2. The van der Waals surface area contributed by atoms with Crippen molar-refractivity contribution in [3.63, 3.8) is 0 Å². The first-order chi connectivity index (χ1) is 10.6. The van der Waals surface area contributed by atoms with Crippen LogP contribution in [0.15, 0.2) is 11.0 Å². The van der Waals surface area contributed by atoms with Gasteiger partial charge in [-0.3, -0.25) is 4.79 Å². The van der Waals surface area contributed by atoms with Crippen LogP contribution in [0.1, 0.15) is 44.9 Å². The molecule has 124 valence electrons. The predicted octanol–water partition coefficient (Wildman–Crippen LogP) is 1.05. The van der Waals surface area contributed by atoms with Crippen molar-refractivity contribution in [2.45, 2.75) is 39.0 Å². The average molecular weight is 307 g/mol. The summed E-state index contributed by atoms with van der Waals surface area (Å²) in [4.78, 5) is 21.6. The minimum atomic E-state index is -0.109. The summed E-state index contributed by atoms with van der Waals surface area (Å²) in [6.07, 6.45) is 5.08. The van der Waals surface area contributed by atoms with E-state index in [0.717, 1.165) is 57.8 Å². The fourth-order valence-electron chi connectivity index (χ4n) is 2.84. The Morgan fingerprint density at radius 2 is 2.18 bits per heavy atom. The van der Waals surface area contributed by atoms with Crippen LogP contribution in [0.2, 0.25) is 0 Å². The Kier molecular flexibility index (Phi) is 6.39. The third-order valence-electron chi connectivity index (χ3n) is 4.29. The summed E-state index contributed by atoms with van der Waals surface area (Å²) in [5, 5.41) is 3.46. The van der Waals surface area contributed by atoms with Crippen molar-refractivity contribution in [1.82, 2.24) is 15.3 Å². The van der Waals surface area contributed by atoms with E-state index < -0.39 is 0 Å². The molecule has 2 heterocycles. The Labute approximate surface area is 132 Å². The molecular weight excluding hydrogens is 278 g/mol. The fraction of sp³-hybridized carbons (Fsp3) is 0.750. The van der Waals surface area contributed by atoms with Crippen molar-refractivity contribution in [2.75, 3.05) is 37.6 Å². The molecule has 0 bridgehead atoms. The van der Waals surface area contributed by atoms with Gasteiger partial charge in [0.2, 0.25) is 0 Å². The van der Waals surface area contributed by atoms with Gasteiger partial charge in [-0.05, 0) is 44.8 Å². The molecule has 1 aliphatic heterocycles. The molecule has 1 aliphatic rings. The molecule has 1 aromatic heterocycles. The summed E-state index contributed by atoms with van der Waals surface area (Å²) >= 11 is 0. The van der Waals surface area contributed by atoms with Crippen LogP contribution in [0.5, 0.6) is 0 Å². The largest absolute Gasteiger partial charge is 0.366 e. The van der Waals surface area contributed by atoms with E-state index in [2.05, 4.69) is 20.2 Å². The normalized spacial score (nSPS) is 16.5. The number of H-pyrrole nitrogens is 1. The Bertz CT molecular complexity index is 506. The third-order valence-corrected chi connectivity index (χ3v) is 4.29. The molecule has 0 saturated carbocycles. The molecule has 1 saturated heterocycles. The molecule has 6 nitrogen and oxygen atoms in total. The van der Waals surface area contributed by atoms with E-state index in [9.17, 15) is 4.79 Å². The van der Waals surface area contributed by atoms with Gasteiger partial charge in [-0.15, -0.1) is 0 Å². The number of nitrogens with two attached hydrogens (primary N) is 1. The van der Waals surface area contributed by atoms with Crippen LogP contribution >= 0.6 is 0 Å².